The molecular weight excluding hydrogens is 395 g/mol. The van der Waals surface area contributed by atoms with Gasteiger partial charge in [0.2, 0.25) is 12.1 Å². The van der Waals surface area contributed by atoms with Crippen LogP contribution >= 0.6 is 0 Å². The lowest BCUT2D eigenvalue weighted by Crippen LogP contribution is -2.70. The maximum Gasteiger partial charge on any atom is 0.338 e. The minimum absolute atomic E-state index is 0.0619. The normalized spacial score (nSPS) is 44.8. The first-order valence-electron chi connectivity index (χ1n) is 10.6. The molecule has 30 heavy (non-hydrogen) atoms. The molecule has 1 spiro atoms. The second kappa shape index (κ2) is 6.88. The summed E-state index contributed by atoms with van der Waals surface area (Å²) in [5, 5.41) is 9.03. The lowest BCUT2D eigenvalue weighted by molar-refractivity contribution is -0.575. The van der Waals surface area contributed by atoms with E-state index in [1.165, 1.54) is 12.1 Å². The van der Waals surface area contributed by atoms with Crippen LogP contribution in [-0.2, 0) is 19.2 Å². The van der Waals surface area contributed by atoms with E-state index in [1.807, 2.05) is 13.8 Å². The lowest BCUT2D eigenvalue weighted by atomic mass is 9.58. The van der Waals surface area contributed by atoms with Crippen molar-refractivity contribution < 1.29 is 38.3 Å². The van der Waals surface area contributed by atoms with Gasteiger partial charge in [0, 0.05) is 24.3 Å². The first kappa shape index (κ1) is 20.2. The molecule has 8 heteroatoms. The molecule has 0 radical (unpaired) electrons. The number of ether oxygens (including phenoxy) is 3. The molecule has 1 aromatic rings. The highest BCUT2D eigenvalue weighted by molar-refractivity contribution is 5.88. The molecule has 8 atom stereocenters. The molecule has 0 amide bonds. The van der Waals surface area contributed by atoms with Crippen molar-refractivity contribution in [3.63, 3.8) is 0 Å². The van der Waals surface area contributed by atoms with Gasteiger partial charge in [-0.2, -0.15) is 0 Å². The van der Waals surface area contributed by atoms with Crippen molar-refractivity contribution >= 4 is 5.97 Å². The molecule has 1 saturated carbocycles. The van der Waals surface area contributed by atoms with Crippen LogP contribution in [0.1, 0.15) is 56.8 Å². The van der Waals surface area contributed by atoms with Crippen LogP contribution in [0.25, 0.3) is 0 Å². The van der Waals surface area contributed by atoms with Gasteiger partial charge in [-0.1, -0.05) is 13.8 Å². The van der Waals surface area contributed by atoms with Gasteiger partial charge >= 0.3 is 5.97 Å². The molecular formula is C22H27FO7. The molecule has 2 bridgehead atoms. The molecule has 0 aromatic heterocycles. The molecule has 7 nitrogen and oxygen atoms in total. The summed E-state index contributed by atoms with van der Waals surface area (Å²) >= 11 is 0. The Balaban J connectivity index is 1.46. The number of carboxylic acids is 1. The monoisotopic (exact) mass is 422 g/mol. The Labute approximate surface area is 174 Å². The summed E-state index contributed by atoms with van der Waals surface area (Å²) in [5.41, 5.74) is -1.09. The zero-order valence-electron chi connectivity index (χ0n) is 17.3. The molecule has 164 valence electrons. The summed E-state index contributed by atoms with van der Waals surface area (Å²) in [6.07, 6.45) is 2.32. The number of rotatable bonds is 3. The fraction of sp³-hybridized carbons (Fsp3) is 0.682. The average molecular weight is 422 g/mol. The first-order chi connectivity index (χ1) is 14.2. The minimum atomic E-state index is -1.32. The largest absolute Gasteiger partial charge is 0.478 e. The van der Waals surface area contributed by atoms with E-state index >= 15 is 0 Å². The van der Waals surface area contributed by atoms with Crippen LogP contribution in [0.3, 0.4) is 0 Å². The SMILES string of the molecule is C[C@H]1[C@@H](Oc2ccc(C(=O)O)c(F)c2)O[C@H]2O[C@@]3(C)CC[C@H]4[C@H](C)CC[C@@H]1[C@@]24OO3. The van der Waals surface area contributed by atoms with Gasteiger partial charge < -0.3 is 19.3 Å². The van der Waals surface area contributed by atoms with E-state index < -0.39 is 41.3 Å². The van der Waals surface area contributed by atoms with E-state index in [0.717, 1.165) is 31.7 Å². The third-order valence-electron chi connectivity index (χ3n) is 7.52. The Hall–Kier alpha value is -1.74. The highest BCUT2D eigenvalue weighted by Gasteiger charge is 2.69. The van der Waals surface area contributed by atoms with Crippen molar-refractivity contribution in [3.05, 3.63) is 29.6 Å². The molecule has 5 aliphatic rings. The first-order valence-corrected chi connectivity index (χ1v) is 10.6. The maximum absolute atomic E-state index is 14.1. The topological polar surface area (TPSA) is 83.5 Å². The smallest absolute Gasteiger partial charge is 0.338 e. The van der Waals surface area contributed by atoms with Crippen molar-refractivity contribution in [1.29, 1.82) is 0 Å². The van der Waals surface area contributed by atoms with Gasteiger partial charge in [-0.05, 0) is 50.2 Å². The summed E-state index contributed by atoms with van der Waals surface area (Å²) in [4.78, 5) is 22.9. The summed E-state index contributed by atoms with van der Waals surface area (Å²) in [6.45, 7) is 6.14. The Morgan fingerprint density at radius 2 is 2.00 bits per heavy atom. The zero-order chi connectivity index (χ0) is 21.3. The van der Waals surface area contributed by atoms with Gasteiger partial charge in [-0.15, -0.1) is 0 Å². The zero-order valence-corrected chi connectivity index (χ0v) is 17.3. The quantitative estimate of drug-likeness (QED) is 0.734. The van der Waals surface area contributed by atoms with Crippen LogP contribution in [0.15, 0.2) is 18.2 Å². The second-order valence-corrected chi connectivity index (χ2v) is 9.34. The third-order valence-corrected chi connectivity index (χ3v) is 7.52. The standard InChI is InChI=1S/C22H27FO7/c1-11-4-7-16-12(2)19(26-13-5-6-14(18(24)25)17(23)10-13)27-20-22(16)15(11)8-9-21(3,28-20)29-30-22/h5-6,10-12,15-16,19-20H,4,7-9H2,1-3H3,(H,24,25)/t11-,12-,15+,16+,19+,20+,21-,22-/m1/s1. The fourth-order valence-corrected chi connectivity index (χ4v) is 5.88. The molecule has 4 heterocycles. The Kier molecular flexibility index (Phi) is 4.63. The molecule has 1 N–H and O–H groups in total. The van der Waals surface area contributed by atoms with Crippen molar-refractivity contribution in [2.45, 2.75) is 70.4 Å². The summed E-state index contributed by atoms with van der Waals surface area (Å²) in [5.74, 6) is -2.09. The number of hydrogen-bond acceptors (Lipinski definition) is 6. The number of carbonyl (C=O) groups is 1. The Bertz CT molecular complexity index is 862. The fourth-order valence-electron chi connectivity index (χ4n) is 5.88. The van der Waals surface area contributed by atoms with Crippen molar-refractivity contribution in [1.82, 2.24) is 0 Å². The van der Waals surface area contributed by atoms with Gasteiger partial charge in [0.1, 0.15) is 11.6 Å². The number of fused-ring (bicyclic) bond motifs is 2. The number of hydrogen-bond donors (Lipinski definition) is 1. The van der Waals surface area contributed by atoms with Gasteiger partial charge in [0.25, 0.3) is 0 Å². The van der Waals surface area contributed by atoms with E-state index in [1.54, 1.807) is 0 Å². The van der Waals surface area contributed by atoms with Gasteiger partial charge in [0.05, 0.1) is 5.56 Å². The van der Waals surface area contributed by atoms with Gasteiger partial charge in [-0.3, -0.25) is 0 Å². The van der Waals surface area contributed by atoms with E-state index in [0.29, 0.717) is 5.92 Å². The van der Waals surface area contributed by atoms with Crippen molar-refractivity contribution in [2.24, 2.45) is 23.7 Å². The van der Waals surface area contributed by atoms with Gasteiger partial charge in [-0.25, -0.2) is 19.0 Å². The van der Waals surface area contributed by atoms with Crippen molar-refractivity contribution in [3.8, 4) is 5.75 Å². The number of carboxylic acid groups (broad SMARTS) is 1. The van der Waals surface area contributed by atoms with Crippen LogP contribution in [0.5, 0.6) is 5.75 Å². The molecule has 1 aromatic carbocycles. The van der Waals surface area contributed by atoms with Crippen LogP contribution in [0, 0.1) is 29.5 Å². The van der Waals surface area contributed by atoms with Crippen molar-refractivity contribution in [2.75, 3.05) is 0 Å². The van der Waals surface area contributed by atoms with Crippen LogP contribution in [-0.4, -0.2) is 35.0 Å². The van der Waals surface area contributed by atoms with E-state index in [9.17, 15) is 9.18 Å². The number of aromatic carboxylic acids is 1. The Morgan fingerprint density at radius 3 is 2.73 bits per heavy atom. The third kappa shape index (κ3) is 2.88. The van der Waals surface area contributed by atoms with E-state index in [-0.39, 0.29) is 23.5 Å². The molecule has 0 unspecified atom stereocenters. The predicted molar refractivity (Wildman–Crippen MR) is 101 cm³/mol. The summed E-state index contributed by atoms with van der Waals surface area (Å²) in [7, 11) is 0. The highest BCUT2D eigenvalue weighted by atomic mass is 19.1. The molecule has 1 aliphatic carbocycles. The minimum Gasteiger partial charge on any atom is -0.478 e. The van der Waals surface area contributed by atoms with Crippen LogP contribution in [0.2, 0.25) is 0 Å². The summed E-state index contributed by atoms with van der Waals surface area (Å²) < 4.78 is 32.7. The molecule has 5 fully saturated rings. The van der Waals surface area contributed by atoms with E-state index in [4.69, 9.17) is 29.1 Å². The predicted octanol–water partition coefficient (Wildman–Crippen LogP) is 4.11. The van der Waals surface area contributed by atoms with Crippen LogP contribution < -0.4 is 4.74 Å². The number of benzene rings is 1. The van der Waals surface area contributed by atoms with Gasteiger partial charge in [0.15, 0.2) is 11.9 Å². The maximum atomic E-state index is 14.1. The molecule has 4 saturated heterocycles. The van der Waals surface area contributed by atoms with Crippen LogP contribution in [0.4, 0.5) is 4.39 Å². The molecule has 4 aliphatic heterocycles. The average Bonchev–Trinajstić information content (AvgIpc) is 2.92. The summed E-state index contributed by atoms with van der Waals surface area (Å²) in [6, 6.07) is 3.72. The Morgan fingerprint density at radius 1 is 1.20 bits per heavy atom. The molecule has 6 rings (SSSR count). The second-order valence-electron chi connectivity index (χ2n) is 9.34. The highest BCUT2D eigenvalue weighted by Crippen LogP contribution is 2.60. The number of halogens is 1. The van der Waals surface area contributed by atoms with E-state index in [2.05, 4.69) is 6.92 Å². The lowest BCUT2D eigenvalue weighted by Gasteiger charge is -2.60.